The normalized spacial score (nSPS) is 31.1. The zero-order chi connectivity index (χ0) is 12.4. The zero-order valence-corrected chi connectivity index (χ0v) is 11.1. The maximum atomic E-state index is 12.3. The van der Waals surface area contributed by atoms with Gasteiger partial charge in [-0.05, 0) is 50.6 Å². The van der Waals surface area contributed by atoms with Crippen LogP contribution in [0.15, 0.2) is 0 Å². The van der Waals surface area contributed by atoms with Gasteiger partial charge < -0.3 is 15.0 Å². The molecule has 0 radical (unpaired) electrons. The molecule has 1 unspecified atom stereocenters. The molecule has 4 heteroatoms. The molecule has 102 valence electrons. The van der Waals surface area contributed by atoms with Gasteiger partial charge in [0.25, 0.3) is 0 Å². The molecule has 1 atom stereocenters. The first kappa shape index (κ1) is 12.4. The third-order valence-corrected chi connectivity index (χ3v) is 4.88. The van der Waals surface area contributed by atoms with Crippen molar-refractivity contribution in [2.75, 3.05) is 32.8 Å². The Morgan fingerprint density at radius 2 is 2.17 bits per heavy atom. The van der Waals surface area contributed by atoms with E-state index in [1.54, 1.807) is 0 Å². The first-order valence-electron chi connectivity index (χ1n) is 7.38. The summed E-state index contributed by atoms with van der Waals surface area (Å²) in [6.45, 7) is 5.03. The molecule has 0 saturated carbocycles. The van der Waals surface area contributed by atoms with E-state index < -0.39 is 0 Å². The number of nitrogens with zero attached hydrogens (tertiary/aromatic N) is 1. The van der Waals surface area contributed by atoms with Crippen molar-refractivity contribution in [3.63, 3.8) is 0 Å². The number of amides is 1. The van der Waals surface area contributed by atoms with Crippen molar-refractivity contribution in [3.8, 4) is 0 Å². The minimum atomic E-state index is 0.196. The number of likely N-dealkylation sites (tertiary alicyclic amines) is 1. The van der Waals surface area contributed by atoms with Gasteiger partial charge in [-0.3, -0.25) is 4.79 Å². The van der Waals surface area contributed by atoms with Crippen LogP contribution < -0.4 is 5.32 Å². The fourth-order valence-electron chi connectivity index (χ4n) is 3.64. The average Bonchev–Trinajstić information content (AvgIpc) is 3.01. The second-order valence-corrected chi connectivity index (χ2v) is 6.15. The maximum absolute atomic E-state index is 12.3. The molecule has 3 aliphatic heterocycles. The van der Waals surface area contributed by atoms with Crippen LogP contribution in [0.25, 0.3) is 0 Å². The van der Waals surface area contributed by atoms with Gasteiger partial charge in [0.1, 0.15) is 0 Å². The van der Waals surface area contributed by atoms with Crippen molar-refractivity contribution in [2.24, 2.45) is 5.41 Å². The van der Waals surface area contributed by atoms with Crippen LogP contribution in [0.1, 0.15) is 38.5 Å². The molecule has 1 amide bonds. The number of ether oxygens (including phenoxy) is 1. The number of nitrogens with one attached hydrogen (secondary N) is 1. The molecule has 4 nitrogen and oxygen atoms in total. The molecule has 18 heavy (non-hydrogen) atoms. The van der Waals surface area contributed by atoms with E-state index in [1.165, 1.54) is 19.3 Å². The average molecular weight is 252 g/mol. The summed E-state index contributed by atoms with van der Waals surface area (Å²) in [5, 5.41) is 3.42. The smallest absolute Gasteiger partial charge is 0.225 e. The van der Waals surface area contributed by atoms with E-state index in [-0.39, 0.29) is 6.10 Å². The van der Waals surface area contributed by atoms with Crippen LogP contribution in [0, 0.1) is 5.41 Å². The molecule has 0 aromatic carbocycles. The predicted molar refractivity (Wildman–Crippen MR) is 69.3 cm³/mol. The lowest BCUT2D eigenvalue weighted by Crippen LogP contribution is -2.40. The second-order valence-electron chi connectivity index (χ2n) is 6.15. The van der Waals surface area contributed by atoms with Gasteiger partial charge in [0.2, 0.25) is 5.91 Å². The molecule has 3 rings (SSSR count). The zero-order valence-electron chi connectivity index (χ0n) is 11.1. The van der Waals surface area contributed by atoms with Crippen molar-refractivity contribution in [2.45, 2.75) is 44.6 Å². The molecular weight excluding hydrogens is 228 g/mol. The van der Waals surface area contributed by atoms with Crippen molar-refractivity contribution >= 4 is 5.91 Å². The van der Waals surface area contributed by atoms with Crippen LogP contribution in [0.3, 0.4) is 0 Å². The highest BCUT2D eigenvalue weighted by Crippen LogP contribution is 2.38. The molecule has 1 spiro atoms. The largest absolute Gasteiger partial charge is 0.378 e. The molecule has 3 heterocycles. The topological polar surface area (TPSA) is 41.6 Å². The molecule has 3 fully saturated rings. The van der Waals surface area contributed by atoms with Gasteiger partial charge in [-0.25, -0.2) is 0 Å². The number of hydrogen-bond acceptors (Lipinski definition) is 3. The summed E-state index contributed by atoms with van der Waals surface area (Å²) >= 11 is 0. The minimum Gasteiger partial charge on any atom is -0.378 e. The lowest BCUT2D eigenvalue weighted by molar-refractivity contribution is -0.132. The van der Waals surface area contributed by atoms with Crippen molar-refractivity contribution in [1.82, 2.24) is 10.2 Å². The Morgan fingerprint density at radius 1 is 1.33 bits per heavy atom. The molecule has 3 saturated heterocycles. The Balaban J connectivity index is 1.52. The predicted octanol–water partition coefficient (Wildman–Crippen LogP) is 1.16. The van der Waals surface area contributed by atoms with Gasteiger partial charge in [-0.15, -0.1) is 0 Å². The molecule has 0 aliphatic carbocycles. The van der Waals surface area contributed by atoms with Crippen molar-refractivity contribution < 1.29 is 9.53 Å². The van der Waals surface area contributed by atoms with Gasteiger partial charge in [-0.2, -0.15) is 0 Å². The standard InChI is InChI=1S/C14H24N2O2/c17-13(10-12-2-1-9-18-12)16-8-5-14(11-16)3-6-15-7-4-14/h12,15H,1-11H2. The highest BCUT2D eigenvalue weighted by molar-refractivity contribution is 5.77. The van der Waals surface area contributed by atoms with Gasteiger partial charge in [-0.1, -0.05) is 0 Å². The summed E-state index contributed by atoms with van der Waals surface area (Å²) in [5.41, 5.74) is 0.428. The fraction of sp³-hybridized carbons (Fsp3) is 0.929. The van der Waals surface area contributed by atoms with Crippen molar-refractivity contribution in [1.29, 1.82) is 0 Å². The molecule has 0 bridgehead atoms. The Bertz CT molecular complexity index is 307. The highest BCUT2D eigenvalue weighted by atomic mass is 16.5. The lowest BCUT2D eigenvalue weighted by atomic mass is 9.78. The van der Waals surface area contributed by atoms with Crippen LogP contribution in [0.2, 0.25) is 0 Å². The molecule has 1 N–H and O–H groups in total. The van der Waals surface area contributed by atoms with Crippen LogP contribution in [0.4, 0.5) is 0 Å². The number of rotatable bonds is 2. The Kier molecular flexibility index (Phi) is 3.57. The van der Waals surface area contributed by atoms with E-state index >= 15 is 0 Å². The fourth-order valence-corrected chi connectivity index (χ4v) is 3.64. The minimum absolute atomic E-state index is 0.196. The Morgan fingerprint density at radius 3 is 2.89 bits per heavy atom. The van der Waals surface area contributed by atoms with Crippen LogP contribution in [-0.2, 0) is 9.53 Å². The number of carbonyl (C=O) groups is 1. The van der Waals surface area contributed by atoms with Gasteiger partial charge >= 0.3 is 0 Å². The van der Waals surface area contributed by atoms with Crippen molar-refractivity contribution in [3.05, 3.63) is 0 Å². The first-order valence-corrected chi connectivity index (χ1v) is 7.38. The van der Waals surface area contributed by atoms with Gasteiger partial charge in [0.05, 0.1) is 12.5 Å². The SMILES string of the molecule is O=C(CC1CCCO1)N1CCC2(CCNCC2)C1. The molecule has 3 aliphatic rings. The molecule has 0 aromatic rings. The van der Waals surface area contributed by atoms with E-state index in [1.807, 2.05) is 0 Å². The van der Waals surface area contributed by atoms with E-state index in [4.69, 9.17) is 4.74 Å². The van der Waals surface area contributed by atoms with Gasteiger partial charge in [0.15, 0.2) is 0 Å². The number of piperidine rings is 1. The van der Waals surface area contributed by atoms with E-state index in [9.17, 15) is 4.79 Å². The summed E-state index contributed by atoms with van der Waals surface area (Å²) < 4.78 is 5.56. The van der Waals surface area contributed by atoms with E-state index in [0.717, 1.165) is 45.6 Å². The summed E-state index contributed by atoms with van der Waals surface area (Å²) in [5.74, 6) is 0.317. The Labute approximate surface area is 109 Å². The first-order chi connectivity index (χ1) is 8.77. The quantitative estimate of drug-likeness (QED) is 0.802. The summed E-state index contributed by atoms with van der Waals surface area (Å²) in [7, 11) is 0. The molecular formula is C14H24N2O2. The maximum Gasteiger partial charge on any atom is 0.225 e. The Hall–Kier alpha value is -0.610. The number of carbonyl (C=O) groups excluding carboxylic acids is 1. The lowest BCUT2D eigenvalue weighted by Gasteiger charge is -2.33. The summed E-state index contributed by atoms with van der Waals surface area (Å²) in [6.07, 6.45) is 6.65. The molecule has 0 aromatic heterocycles. The third kappa shape index (κ3) is 2.54. The van der Waals surface area contributed by atoms with Crippen LogP contribution in [-0.4, -0.2) is 49.7 Å². The third-order valence-electron chi connectivity index (χ3n) is 4.88. The van der Waals surface area contributed by atoms with Crippen LogP contribution in [0.5, 0.6) is 0 Å². The van der Waals surface area contributed by atoms with Crippen LogP contribution >= 0.6 is 0 Å². The van der Waals surface area contributed by atoms with Gasteiger partial charge in [0, 0.05) is 19.7 Å². The second kappa shape index (κ2) is 5.17. The summed E-state index contributed by atoms with van der Waals surface area (Å²) in [6, 6.07) is 0. The monoisotopic (exact) mass is 252 g/mol. The van der Waals surface area contributed by atoms with E-state index in [0.29, 0.717) is 17.7 Å². The summed E-state index contributed by atoms with van der Waals surface area (Å²) in [4.78, 5) is 14.3. The highest BCUT2D eigenvalue weighted by Gasteiger charge is 2.40. The number of hydrogen-bond donors (Lipinski definition) is 1. The van der Waals surface area contributed by atoms with E-state index in [2.05, 4.69) is 10.2 Å².